The summed E-state index contributed by atoms with van der Waals surface area (Å²) >= 11 is 0. The summed E-state index contributed by atoms with van der Waals surface area (Å²) in [5.41, 5.74) is 11.0. The third-order valence-electron chi connectivity index (χ3n) is 3.29. The molecule has 0 bridgehead atoms. The molecule has 0 aliphatic carbocycles. The van der Waals surface area contributed by atoms with Gasteiger partial charge in [-0.15, -0.1) is 0 Å². The molecular formula is C17H23N3O. The average Bonchev–Trinajstić information content (AvgIpc) is 2.44. The molecule has 0 aromatic heterocycles. The van der Waals surface area contributed by atoms with Gasteiger partial charge in [-0.2, -0.15) is 0 Å². The molecule has 21 heavy (non-hydrogen) atoms. The molecule has 0 aliphatic heterocycles. The van der Waals surface area contributed by atoms with Crippen molar-refractivity contribution in [1.29, 1.82) is 0 Å². The van der Waals surface area contributed by atoms with E-state index < -0.39 is 0 Å². The molecule has 0 spiro atoms. The molecule has 0 saturated heterocycles. The number of hydrogen-bond donors (Lipinski definition) is 2. The van der Waals surface area contributed by atoms with Crippen LogP contribution >= 0.6 is 0 Å². The fourth-order valence-corrected chi connectivity index (χ4v) is 2.23. The minimum atomic E-state index is 0.600. The molecule has 4 heteroatoms. The first-order chi connectivity index (χ1) is 10.0. The van der Waals surface area contributed by atoms with Crippen molar-refractivity contribution < 1.29 is 4.74 Å². The first kappa shape index (κ1) is 15.0. The molecule has 0 heterocycles. The van der Waals surface area contributed by atoms with Gasteiger partial charge in [0.2, 0.25) is 0 Å². The van der Waals surface area contributed by atoms with E-state index in [-0.39, 0.29) is 0 Å². The van der Waals surface area contributed by atoms with Crippen molar-refractivity contribution in [2.75, 3.05) is 36.7 Å². The average molecular weight is 285 g/mol. The van der Waals surface area contributed by atoms with Gasteiger partial charge in [0.1, 0.15) is 5.75 Å². The lowest BCUT2D eigenvalue weighted by Crippen LogP contribution is -2.10. The van der Waals surface area contributed by atoms with Gasteiger partial charge in [0, 0.05) is 37.2 Å². The van der Waals surface area contributed by atoms with Crippen molar-refractivity contribution in [2.45, 2.75) is 13.8 Å². The fourth-order valence-electron chi connectivity index (χ4n) is 2.23. The molecule has 0 amide bonds. The number of benzene rings is 2. The minimum Gasteiger partial charge on any atom is -0.492 e. The summed E-state index contributed by atoms with van der Waals surface area (Å²) < 4.78 is 5.52. The van der Waals surface area contributed by atoms with Crippen LogP contribution in [0.4, 0.5) is 22.7 Å². The summed E-state index contributed by atoms with van der Waals surface area (Å²) in [6.07, 6.45) is 0. The van der Waals surface area contributed by atoms with Gasteiger partial charge in [-0.3, -0.25) is 0 Å². The van der Waals surface area contributed by atoms with E-state index >= 15 is 0 Å². The molecule has 0 atom stereocenters. The summed E-state index contributed by atoms with van der Waals surface area (Å²) in [4.78, 5) is 2.11. The second-order valence-corrected chi connectivity index (χ2v) is 5.21. The number of hydrogen-bond acceptors (Lipinski definition) is 4. The predicted molar refractivity (Wildman–Crippen MR) is 90.8 cm³/mol. The number of nitrogens with one attached hydrogen (secondary N) is 1. The van der Waals surface area contributed by atoms with Gasteiger partial charge in [-0.25, -0.2) is 0 Å². The molecule has 112 valence electrons. The van der Waals surface area contributed by atoms with Crippen molar-refractivity contribution in [2.24, 2.45) is 0 Å². The maximum atomic E-state index is 5.89. The van der Waals surface area contributed by atoms with Crippen molar-refractivity contribution >= 4 is 22.7 Å². The molecule has 2 rings (SSSR count). The zero-order chi connectivity index (χ0) is 15.4. The zero-order valence-corrected chi connectivity index (χ0v) is 13.1. The Bertz CT molecular complexity index is 623. The lowest BCUT2D eigenvalue weighted by molar-refractivity contribution is 0.342. The number of anilines is 4. The molecular weight excluding hydrogens is 262 g/mol. The van der Waals surface area contributed by atoms with Crippen LogP contribution in [0.5, 0.6) is 5.75 Å². The highest BCUT2D eigenvalue weighted by Gasteiger charge is 2.05. The van der Waals surface area contributed by atoms with E-state index in [0.29, 0.717) is 18.0 Å². The number of rotatable bonds is 5. The summed E-state index contributed by atoms with van der Waals surface area (Å²) in [6.45, 7) is 4.65. The number of ether oxygens (including phenoxy) is 1. The van der Waals surface area contributed by atoms with Gasteiger partial charge in [0.05, 0.1) is 12.3 Å². The fraction of sp³-hybridized carbons (Fsp3) is 0.294. The maximum Gasteiger partial charge on any atom is 0.144 e. The van der Waals surface area contributed by atoms with Gasteiger partial charge in [0.25, 0.3) is 0 Å². The van der Waals surface area contributed by atoms with Gasteiger partial charge in [-0.1, -0.05) is 6.07 Å². The smallest absolute Gasteiger partial charge is 0.144 e. The van der Waals surface area contributed by atoms with Crippen LogP contribution in [0.25, 0.3) is 0 Å². The second kappa shape index (κ2) is 6.39. The molecule has 0 unspecified atom stereocenters. The van der Waals surface area contributed by atoms with Crippen LogP contribution in [0.2, 0.25) is 0 Å². The lowest BCUT2D eigenvalue weighted by atomic mass is 10.1. The van der Waals surface area contributed by atoms with Crippen LogP contribution in [-0.2, 0) is 0 Å². The summed E-state index contributed by atoms with van der Waals surface area (Å²) in [5, 5.41) is 3.39. The summed E-state index contributed by atoms with van der Waals surface area (Å²) in [7, 11) is 4.09. The SMILES string of the molecule is CCOc1cc(Nc2ccc(C)c(N(C)C)c2)ccc1N. The molecule has 0 fully saturated rings. The van der Waals surface area contributed by atoms with Crippen LogP contribution in [0, 0.1) is 6.92 Å². The van der Waals surface area contributed by atoms with Crippen LogP contribution in [-0.4, -0.2) is 20.7 Å². The number of nitrogens with zero attached hydrogens (tertiary/aromatic N) is 1. The molecule has 3 N–H and O–H groups in total. The Hall–Kier alpha value is -2.36. The van der Waals surface area contributed by atoms with Crippen molar-refractivity contribution in [3.8, 4) is 5.75 Å². The van der Waals surface area contributed by atoms with E-state index in [9.17, 15) is 0 Å². The third-order valence-corrected chi connectivity index (χ3v) is 3.29. The minimum absolute atomic E-state index is 0.600. The van der Waals surface area contributed by atoms with Gasteiger partial charge >= 0.3 is 0 Å². The standard InChI is InChI=1S/C17H23N3O/c1-5-21-17-11-14(8-9-15(17)18)19-13-7-6-12(2)16(10-13)20(3)4/h6-11,19H,5,18H2,1-4H3. The summed E-state index contributed by atoms with van der Waals surface area (Å²) in [6, 6.07) is 12.0. The van der Waals surface area contributed by atoms with E-state index in [1.54, 1.807) is 0 Å². The van der Waals surface area contributed by atoms with E-state index in [1.807, 2.05) is 39.2 Å². The van der Waals surface area contributed by atoms with Crippen LogP contribution in [0.15, 0.2) is 36.4 Å². The van der Waals surface area contributed by atoms with E-state index in [0.717, 1.165) is 11.4 Å². The van der Waals surface area contributed by atoms with Crippen molar-refractivity contribution in [3.63, 3.8) is 0 Å². The van der Waals surface area contributed by atoms with Gasteiger partial charge < -0.3 is 20.7 Å². The van der Waals surface area contributed by atoms with E-state index in [1.165, 1.54) is 11.3 Å². The van der Waals surface area contributed by atoms with Crippen LogP contribution < -0.4 is 20.7 Å². The third kappa shape index (κ3) is 3.60. The number of nitrogen functional groups attached to an aromatic ring is 1. The molecule has 0 saturated carbocycles. The largest absolute Gasteiger partial charge is 0.492 e. The Morgan fingerprint density at radius 1 is 1.10 bits per heavy atom. The molecule has 0 radical (unpaired) electrons. The zero-order valence-electron chi connectivity index (χ0n) is 13.1. The van der Waals surface area contributed by atoms with E-state index in [4.69, 9.17) is 10.5 Å². The Kier molecular flexibility index (Phi) is 4.58. The Labute approximate surface area is 126 Å². The lowest BCUT2D eigenvalue weighted by Gasteiger charge is -2.18. The highest BCUT2D eigenvalue weighted by Crippen LogP contribution is 2.29. The molecule has 2 aromatic rings. The number of aryl methyl sites for hydroxylation is 1. The highest BCUT2D eigenvalue weighted by atomic mass is 16.5. The van der Waals surface area contributed by atoms with Crippen molar-refractivity contribution in [1.82, 2.24) is 0 Å². The first-order valence-electron chi connectivity index (χ1n) is 7.08. The molecule has 2 aromatic carbocycles. The Morgan fingerprint density at radius 2 is 1.76 bits per heavy atom. The Morgan fingerprint density at radius 3 is 2.43 bits per heavy atom. The van der Waals surface area contributed by atoms with Crippen molar-refractivity contribution in [3.05, 3.63) is 42.0 Å². The monoisotopic (exact) mass is 285 g/mol. The van der Waals surface area contributed by atoms with Gasteiger partial charge in [-0.05, 0) is 43.7 Å². The van der Waals surface area contributed by atoms with Crippen LogP contribution in [0.3, 0.4) is 0 Å². The Balaban J connectivity index is 2.26. The first-order valence-corrected chi connectivity index (χ1v) is 7.08. The second-order valence-electron chi connectivity index (χ2n) is 5.21. The molecule has 4 nitrogen and oxygen atoms in total. The van der Waals surface area contributed by atoms with E-state index in [2.05, 4.69) is 35.3 Å². The quantitative estimate of drug-likeness (QED) is 0.821. The normalized spacial score (nSPS) is 10.3. The highest BCUT2D eigenvalue weighted by molar-refractivity contribution is 5.70. The summed E-state index contributed by atoms with van der Waals surface area (Å²) in [5.74, 6) is 0.711. The predicted octanol–water partition coefficient (Wildman–Crippen LogP) is 3.79. The van der Waals surface area contributed by atoms with Gasteiger partial charge in [0.15, 0.2) is 0 Å². The van der Waals surface area contributed by atoms with Crippen LogP contribution in [0.1, 0.15) is 12.5 Å². The number of nitrogens with two attached hydrogens (primary N) is 1. The molecule has 0 aliphatic rings. The topological polar surface area (TPSA) is 50.5 Å². The maximum absolute atomic E-state index is 5.89.